The van der Waals surface area contributed by atoms with Crippen LogP contribution in [0.3, 0.4) is 0 Å². The Morgan fingerprint density at radius 2 is 1.80 bits per heavy atom. The first-order chi connectivity index (χ1) is 14.3. The van der Waals surface area contributed by atoms with Crippen molar-refractivity contribution in [3.8, 4) is 0 Å². The van der Waals surface area contributed by atoms with E-state index in [1.165, 1.54) is 11.9 Å². The summed E-state index contributed by atoms with van der Waals surface area (Å²) in [5.74, 6) is -3.23. The van der Waals surface area contributed by atoms with Crippen LogP contribution in [0, 0.1) is 11.3 Å². The Balaban J connectivity index is 1.89. The Bertz CT molecular complexity index is 987. The summed E-state index contributed by atoms with van der Waals surface area (Å²) in [7, 11) is 1.45. The standard InChI is InChI=1S/C22H24N4O4/c1-25-20(27)17(10-13-6-8-14(9-7-13)19(23)24)21(28)26-12-16-5-3-2-4-15(16)11-18(26)22(29)30/h2-9,17-18H,10-12H2,1H3,(H3,23,24)(H,25,27)(H,29,30)/t17?,18-/m0/s1. The number of amidine groups is 1. The number of fused-ring (bicyclic) bond motifs is 1. The highest BCUT2D eigenvalue weighted by atomic mass is 16.4. The summed E-state index contributed by atoms with van der Waals surface area (Å²) in [6.45, 7) is 0.142. The summed E-state index contributed by atoms with van der Waals surface area (Å²) in [6.07, 6.45) is 0.312. The van der Waals surface area contributed by atoms with E-state index in [2.05, 4.69) is 5.32 Å². The summed E-state index contributed by atoms with van der Waals surface area (Å²) < 4.78 is 0. The molecule has 156 valence electrons. The molecule has 1 aliphatic rings. The Morgan fingerprint density at radius 3 is 2.37 bits per heavy atom. The molecule has 0 spiro atoms. The molecule has 0 saturated carbocycles. The zero-order valence-electron chi connectivity index (χ0n) is 16.6. The fraction of sp³-hybridized carbons (Fsp3) is 0.273. The van der Waals surface area contributed by atoms with Crippen molar-refractivity contribution in [1.29, 1.82) is 5.41 Å². The van der Waals surface area contributed by atoms with Crippen LogP contribution in [0.25, 0.3) is 0 Å². The van der Waals surface area contributed by atoms with Crippen LogP contribution in [0.15, 0.2) is 48.5 Å². The number of benzene rings is 2. The fourth-order valence-electron chi connectivity index (χ4n) is 3.70. The summed E-state index contributed by atoms with van der Waals surface area (Å²) >= 11 is 0. The lowest BCUT2D eigenvalue weighted by atomic mass is 9.90. The molecule has 0 aromatic heterocycles. The van der Waals surface area contributed by atoms with Crippen LogP contribution in [-0.4, -0.2) is 46.7 Å². The van der Waals surface area contributed by atoms with Crippen molar-refractivity contribution in [3.63, 3.8) is 0 Å². The molecule has 0 fully saturated rings. The summed E-state index contributed by atoms with van der Waals surface area (Å²) in [5.41, 5.74) is 8.50. The zero-order chi connectivity index (χ0) is 21.8. The lowest BCUT2D eigenvalue weighted by Gasteiger charge is -2.36. The van der Waals surface area contributed by atoms with Gasteiger partial charge in [0.1, 0.15) is 17.8 Å². The maximum absolute atomic E-state index is 13.4. The topological polar surface area (TPSA) is 137 Å². The van der Waals surface area contributed by atoms with Crippen molar-refractivity contribution in [3.05, 3.63) is 70.8 Å². The number of carbonyl (C=O) groups excluding carboxylic acids is 2. The Morgan fingerprint density at radius 1 is 1.17 bits per heavy atom. The number of aliphatic carboxylic acids is 1. The van der Waals surface area contributed by atoms with Gasteiger partial charge in [-0.1, -0.05) is 48.5 Å². The number of nitrogens with zero attached hydrogens (tertiary/aromatic N) is 1. The van der Waals surface area contributed by atoms with Crippen molar-refractivity contribution < 1.29 is 19.5 Å². The molecular formula is C22H24N4O4. The van der Waals surface area contributed by atoms with E-state index in [-0.39, 0.29) is 25.2 Å². The Hall–Kier alpha value is -3.68. The van der Waals surface area contributed by atoms with Crippen LogP contribution in [0.1, 0.15) is 22.3 Å². The molecule has 8 heteroatoms. The maximum Gasteiger partial charge on any atom is 0.326 e. The molecule has 2 atom stereocenters. The number of nitrogens with two attached hydrogens (primary N) is 1. The Labute approximate surface area is 174 Å². The molecule has 1 heterocycles. The van der Waals surface area contributed by atoms with Crippen molar-refractivity contribution in [2.75, 3.05) is 7.05 Å². The highest BCUT2D eigenvalue weighted by Crippen LogP contribution is 2.26. The van der Waals surface area contributed by atoms with Crippen LogP contribution in [0.4, 0.5) is 0 Å². The molecule has 8 nitrogen and oxygen atoms in total. The van der Waals surface area contributed by atoms with Crippen molar-refractivity contribution in [1.82, 2.24) is 10.2 Å². The smallest absolute Gasteiger partial charge is 0.326 e. The normalized spacial score (nSPS) is 16.3. The van der Waals surface area contributed by atoms with E-state index in [9.17, 15) is 19.5 Å². The van der Waals surface area contributed by atoms with Gasteiger partial charge in [0.05, 0.1) is 0 Å². The van der Waals surface area contributed by atoms with E-state index >= 15 is 0 Å². The number of hydrogen-bond acceptors (Lipinski definition) is 4. The van der Waals surface area contributed by atoms with Crippen molar-refractivity contribution in [2.45, 2.75) is 25.4 Å². The highest BCUT2D eigenvalue weighted by molar-refractivity contribution is 6.02. The number of carboxylic acids is 1. The van der Waals surface area contributed by atoms with Gasteiger partial charge >= 0.3 is 5.97 Å². The molecule has 2 aromatic carbocycles. The van der Waals surface area contributed by atoms with Crippen LogP contribution >= 0.6 is 0 Å². The minimum atomic E-state index is -1.10. The number of carbonyl (C=O) groups is 3. The maximum atomic E-state index is 13.4. The molecule has 3 rings (SSSR count). The fourth-order valence-corrected chi connectivity index (χ4v) is 3.70. The molecule has 0 radical (unpaired) electrons. The lowest BCUT2D eigenvalue weighted by Crippen LogP contribution is -2.53. The minimum Gasteiger partial charge on any atom is -0.480 e. The second-order valence-electron chi connectivity index (χ2n) is 7.27. The number of nitrogens with one attached hydrogen (secondary N) is 2. The van der Waals surface area contributed by atoms with Gasteiger partial charge in [-0.05, 0) is 23.1 Å². The Kier molecular flexibility index (Phi) is 6.15. The SMILES string of the molecule is CNC(=O)C(Cc1ccc(C(=N)N)cc1)C(=O)N1Cc2ccccc2C[C@H]1C(=O)O. The first kappa shape index (κ1) is 21.0. The van der Waals surface area contributed by atoms with Gasteiger partial charge in [-0.3, -0.25) is 15.0 Å². The summed E-state index contributed by atoms with van der Waals surface area (Å²) in [6, 6.07) is 13.1. The van der Waals surface area contributed by atoms with E-state index in [0.717, 1.165) is 11.1 Å². The van der Waals surface area contributed by atoms with Gasteiger partial charge in [-0.2, -0.15) is 0 Å². The molecule has 30 heavy (non-hydrogen) atoms. The molecule has 2 aromatic rings. The predicted molar refractivity (Wildman–Crippen MR) is 111 cm³/mol. The second-order valence-corrected chi connectivity index (χ2v) is 7.27. The first-order valence-corrected chi connectivity index (χ1v) is 9.56. The van der Waals surface area contributed by atoms with Gasteiger partial charge in [-0.15, -0.1) is 0 Å². The largest absolute Gasteiger partial charge is 0.480 e. The average Bonchev–Trinajstić information content (AvgIpc) is 2.75. The summed E-state index contributed by atoms with van der Waals surface area (Å²) in [5, 5.41) is 19.7. The molecular weight excluding hydrogens is 384 g/mol. The van der Waals surface area contributed by atoms with E-state index < -0.39 is 29.7 Å². The van der Waals surface area contributed by atoms with Crippen LogP contribution in [-0.2, 0) is 33.8 Å². The molecule has 0 saturated heterocycles. The monoisotopic (exact) mass is 408 g/mol. The van der Waals surface area contributed by atoms with Gasteiger partial charge in [0.15, 0.2) is 0 Å². The van der Waals surface area contributed by atoms with Gasteiger partial charge in [0, 0.05) is 25.6 Å². The van der Waals surface area contributed by atoms with Crippen LogP contribution in [0.5, 0.6) is 0 Å². The van der Waals surface area contributed by atoms with Crippen molar-refractivity contribution >= 4 is 23.6 Å². The molecule has 1 aliphatic heterocycles. The first-order valence-electron chi connectivity index (χ1n) is 9.56. The lowest BCUT2D eigenvalue weighted by molar-refractivity contribution is -0.155. The number of amides is 2. The molecule has 0 bridgehead atoms. The highest BCUT2D eigenvalue weighted by Gasteiger charge is 2.39. The molecule has 5 N–H and O–H groups in total. The summed E-state index contributed by atoms with van der Waals surface area (Å²) in [4.78, 5) is 39.0. The third-order valence-electron chi connectivity index (χ3n) is 5.38. The zero-order valence-corrected chi connectivity index (χ0v) is 16.6. The number of nitrogen functional groups attached to an aromatic ring is 1. The molecule has 1 unspecified atom stereocenters. The molecule has 2 amide bonds. The number of rotatable bonds is 6. The van der Waals surface area contributed by atoms with Gasteiger partial charge in [-0.25, -0.2) is 4.79 Å². The van der Waals surface area contributed by atoms with E-state index in [1.807, 2.05) is 24.3 Å². The third kappa shape index (κ3) is 4.32. The van der Waals surface area contributed by atoms with Gasteiger partial charge in [0.2, 0.25) is 11.8 Å². The third-order valence-corrected chi connectivity index (χ3v) is 5.38. The van der Waals surface area contributed by atoms with E-state index in [1.54, 1.807) is 24.3 Å². The minimum absolute atomic E-state index is 0.0724. The van der Waals surface area contributed by atoms with Gasteiger partial charge < -0.3 is 21.1 Å². The quantitative estimate of drug-likeness (QED) is 0.320. The van der Waals surface area contributed by atoms with E-state index in [4.69, 9.17) is 11.1 Å². The van der Waals surface area contributed by atoms with E-state index in [0.29, 0.717) is 11.1 Å². The average molecular weight is 408 g/mol. The van der Waals surface area contributed by atoms with Gasteiger partial charge in [0.25, 0.3) is 0 Å². The van der Waals surface area contributed by atoms with Crippen LogP contribution < -0.4 is 11.1 Å². The second kappa shape index (κ2) is 8.77. The van der Waals surface area contributed by atoms with Crippen LogP contribution in [0.2, 0.25) is 0 Å². The number of hydrogen-bond donors (Lipinski definition) is 4. The van der Waals surface area contributed by atoms with Crippen molar-refractivity contribution in [2.24, 2.45) is 11.7 Å². The number of carboxylic acid groups (broad SMARTS) is 1. The molecule has 0 aliphatic carbocycles. The predicted octanol–water partition coefficient (Wildman–Crippen LogP) is 0.913.